The van der Waals surface area contributed by atoms with Crippen LogP contribution in [0.3, 0.4) is 0 Å². The summed E-state index contributed by atoms with van der Waals surface area (Å²) in [5.74, 6) is -0.153. The standard InChI is InChI=1S/C15H22FN/c1-14(2,3)11-15(8-9-17-15)10-12-4-6-13(16)7-5-12/h4-7,17H,8-11H2,1-3H3. The monoisotopic (exact) mass is 235 g/mol. The van der Waals surface area contributed by atoms with Crippen molar-refractivity contribution >= 4 is 0 Å². The zero-order valence-electron chi connectivity index (χ0n) is 11.0. The first-order chi connectivity index (χ1) is 7.89. The Balaban J connectivity index is 2.07. The third-order valence-corrected chi connectivity index (χ3v) is 3.43. The minimum absolute atomic E-state index is 0.153. The van der Waals surface area contributed by atoms with Gasteiger partial charge in [0.05, 0.1) is 0 Å². The normalized spacial score (nSPS) is 24.5. The van der Waals surface area contributed by atoms with Crippen LogP contribution in [0.2, 0.25) is 0 Å². The fourth-order valence-corrected chi connectivity index (χ4v) is 2.85. The fraction of sp³-hybridized carbons (Fsp3) is 0.600. The second-order valence-corrected chi connectivity index (χ2v) is 6.50. The van der Waals surface area contributed by atoms with Gasteiger partial charge in [-0.2, -0.15) is 0 Å². The number of hydrogen-bond donors (Lipinski definition) is 1. The summed E-state index contributed by atoms with van der Waals surface area (Å²) in [4.78, 5) is 0. The van der Waals surface area contributed by atoms with Crippen LogP contribution in [0.4, 0.5) is 4.39 Å². The Bertz CT molecular complexity index is 371. The first kappa shape index (κ1) is 12.6. The molecule has 1 aliphatic rings. The van der Waals surface area contributed by atoms with Gasteiger partial charge in [0.25, 0.3) is 0 Å². The van der Waals surface area contributed by atoms with Crippen LogP contribution in [-0.4, -0.2) is 12.1 Å². The van der Waals surface area contributed by atoms with Gasteiger partial charge in [0.2, 0.25) is 0 Å². The zero-order valence-corrected chi connectivity index (χ0v) is 11.0. The topological polar surface area (TPSA) is 12.0 Å². The van der Waals surface area contributed by atoms with Crippen LogP contribution in [0.1, 0.15) is 39.2 Å². The maximum Gasteiger partial charge on any atom is 0.123 e. The van der Waals surface area contributed by atoms with E-state index >= 15 is 0 Å². The molecule has 0 saturated carbocycles. The molecule has 1 nitrogen and oxygen atoms in total. The van der Waals surface area contributed by atoms with Crippen molar-refractivity contribution in [3.8, 4) is 0 Å². The molecule has 2 heteroatoms. The Morgan fingerprint density at radius 2 is 1.82 bits per heavy atom. The summed E-state index contributed by atoms with van der Waals surface area (Å²) in [6, 6.07) is 6.91. The molecule has 0 bridgehead atoms. The van der Waals surface area contributed by atoms with Crippen LogP contribution in [0.15, 0.2) is 24.3 Å². The SMILES string of the molecule is CC(C)(C)CC1(Cc2ccc(F)cc2)CCN1. The fourth-order valence-electron chi connectivity index (χ4n) is 2.85. The first-order valence-electron chi connectivity index (χ1n) is 6.38. The summed E-state index contributed by atoms with van der Waals surface area (Å²) in [7, 11) is 0. The largest absolute Gasteiger partial charge is 0.311 e. The molecule has 1 aliphatic heterocycles. The molecule has 0 aliphatic carbocycles. The molecule has 1 aromatic carbocycles. The van der Waals surface area contributed by atoms with E-state index < -0.39 is 0 Å². The Morgan fingerprint density at radius 1 is 1.24 bits per heavy atom. The smallest absolute Gasteiger partial charge is 0.123 e. The van der Waals surface area contributed by atoms with E-state index in [0.29, 0.717) is 5.41 Å². The highest BCUT2D eigenvalue weighted by atomic mass is 19.1. The van der Waals surface area contributed by atoms with Crippen molar-refractivity contribution in [2.45, 2.75) is 45.6 Å². The quantitative estimate of drug-likeness (QED) is 0.845. The van der Waals surface area contributed by atoms with Gasteiger partial charge in [-0.15, -0.1) is 0 Å². The van der Waals surface area contributed by atoms with Crippen molar-refractivity contribution in [3.05, 3.63) is 35.6 Å². The van der Waals surface area contributed by atoms with Gasteiger partial charge < -0.3 is 5.32 Å². The number of benzene rings is 1. The summed E-state index contributed by atoms with van der Waals surface area (Å²) in [6.07, 6.45) is 3.39. The van der Waals surface area contributed by atoms with Gasteiger partial charge in [0, 0.05) is 5.54 Å². The second kappa shape index (κ2) is 4.41. The molecule has 1 heterocycles. The van der Waals surface area contributed by atoms with E-state index in [9.17, 15) is 4.39 Å². The minimum atomic E-state index is -0.153. The molecule has 94 valence electrons. The third-order valence-electron chi connectivity index (χ3n) is 3.43. The molecule has 0 aromatic heterocycles. The average molecular weight is 235 g/mol. The summed E-state index contributed by atoms with van der Waals surface area (Å²) in [5.41, 5.74) is 1.78. The molecule has 17 heavy (non-hydrogen) atoms. The number of hydrogen-bond acceptors (Lipinski definition) is 1. The lowest BCUT2D eigenvalue weighted by Crippen LogP contribution is -2.59. The van der Waals surface area contributed by atoms with Crippen LogP contribution in [0.25, 0.3) is 0 Å². The van der Waals surface area contributed by atoms with Crippen LogP contribution < -0.4 is 5.32 Å². The lowest BCUT2D eigenvalue weighted by molar-refractivity contribution is 0.132. The van der Waals surface area contributed by atoms with Gasteiger partial charge in [0.15, 0.2) is 0 Å². The summed E-state index contributed by atoms with van der Waals surface area (Å²) >= 11 is 0. The van der Waals surface area contributed by atoms with Crippen LogP contribution in [0.5, 0.6) is 0 Å². The van der Waals surface area contributed by atoms with Crippen molar-refractivity contribution < 1.29 is 4.39 Å². The summed E-state index contributed by atoms with van der Waals surface area (Å²) in [6.45, 7) is 7.94. The molecule has 1 unspecified atom stereocenters. The lowest BCUT2D eigenvalue weighted by atomic mass is 9.71. The zero-order chi connectivity index (χ0) is 12.5. The molecular formula is C15H22FN. The average Bonchev–Trinajstić information content (AvgIpc) is 2.16. The van der Waals surface area contributed by atoms with Crippen molar-refractivity contribution in [1.82, 2.24) is 5.32 Å². The van der Waals surface area contributed by atoms with Crippen LogP contribution in [-0.2, 0) is 6.42 Å². The second-order valence-electron chi connectivity index (χ2n) is 6.50. The highest BCUT2D eigenvalue weighted by Crippen LogP contribution is 2.36. The predicted octanol–water partition coefficient (Wildman–Crippen LogP) is 3.54. The van der Waals surface area contributed by atoms with Gasteiger partial charge in [-0.25, -0.2) is 4.39 Å². The summed E-state index contributed by atoms with van der Waals surface area (Å²) < 4.78 is 12.9. The predicted molar refractivity (Wildman–Crippen MR) is 69.5 cm³/mol. The van der Waals surface area contributed by atoms with E-state index in [1.54, 1.807) is 12.1 Å². The van der Waals surface area contributed by atoms with Gasteiger partial charge >= 0.3 is 0 Å². The van der Waals surface area contributed by atoms with Crippen molar-refractivity contribution in [1.29, 1.82) is 0 Å². The highest BCUT2D eigenvalue weighted by Gasteiger charge is 2.39. The van der Waals surface area contributed by atoms with Gasteiger partial charge in [-0.3, -0.25) is 0 Å². The number of nitrogens with one attached hydrogen (secondary N) is 1. The van der Waals surface area contributed by atoms with Gasteiger partial charge in [-0.05, 0) is 48.9 Å². The van der Waals surface area contributed by atoms with E-state index in [0.717, 1.165) is 19.4 Å². The van der Waals surface area contributed by atoms with Crippen molar-refractivity contribution in [3.63, 3.8) is 0 Å². The Kier molecular flexibility index (Phi) is 3.26. The molecule has 0 spiro atoms. The Morgan fingerprint density at radius 3 is 2.24 bits per heavy atom. The van der Waals surface area contributed by atoms with Crippen molar-refractivity contribution in [2.24, 2.45) is 5.41 Å². The molecule has 1 fully saturated rings. The highest BCUT2D eigenvalue weighted by molar-refractivity contribution is 5.20. The van der Waals surface area contributed by atoms with Gasteiger partial charge in [0.1, 0.15) is 5.82 Å². The summed E-state index contributed by atoms with van der Waals surface area (Å²) in [5, 5.41) is 3.58. The van der Waals surface area contributed by atoms with Crippen molar-refractivity contribution in [2.75, 3.05) is 6.54 Å². The Hall–Kier alpha value is -0.890. The number of rotatable bonds is 3. The third kappa shape index (κ3) is 3.29. The van der Waals surface area contributed by atoms with Crippen LogP contribution in [0, 0.1) is 11.2 Å². The van der Waals surface area contributed by atoms with E-state index in [4.69, 9.17) is 0 Å². The van der Waals surface area contributed by atoms with Crippen LogP contribution >= 0.6 is 0 Å². The molecule has 0 radical (unpaired) electrons. The van der Waals surface area contributed by atoms with E-state index in [-0.39, 0.29) is 11.4 Å². The molecule has 1 saturated heterocycles. The van der Waals surface area contributed by atoms with E-state index in [1.165, 1.54) is 12.0 Å². The number of halogens is 1. The molecule has 1 aromatic rings. The van der Waals surface area contributed by atoms with E-state index in [2.05, 4.69) is 26.1 Å². The minimum Gasteiger partial charge on any atom is -0.311 e. The van der Waals surface area contributed by atoms with E-state index in [1.807, 2.05) is 12.1 Å². The first-order valence-corrected chi connectivity index (χ1v) is 6.38. The molecule has 0 amide bonds. The lowest BCUT2D eigenvalue weighted by Gasteiger charge is -2.47. The molecular weight excluding hydrogens is 213 g/mol. The maximum absolute atomic E-state index is 12.9. The van der Waals surface area contributed by atoms with Gasteiger partial charge in [-0.1, -0.05) is 32.9 Å². The molecule has 2 rings (SSSR count). The maximum atomic E-state index is 12.9. The molecule has 1 N–H and O–H groups in total. The molecule has 1 atom stereocenters. The Labute approximate surface area is 103 Å².